The van der Waals surface area contributed by atoms with Gasteiger partial charge in [0.25, 0.3) is 0 Å². The molecule has 2 heterocycles. The van der Waals surface area contributed by atoms with E-state index in [2.05, 4.69) is 17.4 Å². The number of amides is 2. The van der Waals surface area contributed by atoms with Gasteiger partial charge < -0.3 is 14.7 Å². The van der Waals surface area contributed by atoms with Crippen molar-refractivity contribution in [2.45, 2.75) is 66.5 Å². The van der Waals surface area contributed by atoms with Gasteiger partial charge in [0, 0.05) is 30.8 Å². The molecule has 1 unspecified atom stereocenters. The quantitative estimate of drug-likeness (QED) is 0.574. The molecule has 2 aromatic rings. The number of ketones is 1. The number of carbonyl (C=O) groups excluding carboxylic acids is 3. The maximum absolute atomic E-state index is 11.9. The molecule has 7 heteroatoms. The summed E-state index contributed by atoms with van der Waals surface area (Å²) in [6.07, 6.45) is 3.22. The molecule has 1 saturated heterocycles. The Morgan fingerprint density at radius 1 is 1.27 bits per heavy atom. The van der Waals surface area contributed by atoms with Crippen LogP contribution in [-0.2, 0) is 22.6 Å². The van der Waals surface area contributed by atoms with E-state index in [0.717, 1.165) is 30.6 Å². The van der Waals surface area contributed by atoms with E-state index in [4.69, 9.17) is 4.52 Å². The second-order valence-electron chi connectivity index (χ2n) is 6.94. The summed E-state index contributed by atoms with van der Waals surface area (Å²) < 4.78 is 5.03. The molecular weight excluding hydrogens is 382 g/mol. The molecule has 3 rings (SSSR count). The van der Waals surface area contributed by atoms with Crippen LogP contribution in [0.4, 0.5) is 0 Å². The van der Waals surface area contributed by atoms with Gasteiger partial charge in [0.1, 0.15) is 5.76 Å². The first-order chi connectivity index (χ1) is 14.4. The zero-order valence-corrected chi connectivity index (χ0v) is 18.6. The normalized spacial score (nSPS) is 14.7. The van der Waals surface area contributed by atoms with E-state index in [9.17, 15) is 14.4 Å². The fraction of sp³-hybridized carbons (Fsp3) is 0.478. The van der Waals surface area contributed by atoms with Crippen molar-refractivity contribution in [3.05, 3.63) is 52.9 Å². The van der Waals surface area contributed by atoms with Crippen molar-refractivity contribution in [3.63, 3.8) is 0 Å². The third kappa shape index (κ3) is 8.19. The van der Waals surface area contributed by atoms with Crippen molar-refractivity contribution < 1.29 is 18.9 Å². The minimum Gasteiger partial charge on any atom is -0.361 e. The summed E-state index contributed by atoms with van der Waals surface area (Å²) in [6.45, 7) is 10.9. The van der Waals surface area contributed by atoms with Gasteiger partial charge in [-0.05, 0) is 39.2 Å². The van der Waals surface area contributed by atoms with Crippen molar-refractivity contribution in [1.29, 1.82) is 0 Å². The van der Waals surface area contributed by atoms with Crippen molar-refractivity contribution in [1.82, 2.24) is 15.4 Å². The first-order valence-corrected chi connectivity index (χ1v) is 10.4. The van der Waals surface area contributed by atoms with Crippen molar-refractivity contribution in [2.24, 2.45) is 0 Å². The van der Waals surface area contributed by atoms with Crippen LogP contribution in [0.25, 0.3) is 0 Å². The van der Waals surface area contributed by atoms with Crippen LogP contribution in [0.5, 0.6) is 0 Å². The number of nitrogens with one attached hydrogen (secondary N) is 1. The van der Waals surface area contributed by atoms with Gasteiger partial charge in [-0.2, -0.15) is 0 Å². The van der Waals surface area contributed by atoms with Crippen molar-refractivity contribution >= 4 is 18.1 Å². The summed E-state index contributed by atoms with van der Waals surface area (Å²) in [5.41, 5.74) is 2.50. The molecule has 1 atom stereocenters. The number of rotatable bonds is 6. The number of nitrogens with zero attached hydrogens (tertiary/aromatic N) is 2. The zero-order valence-electron chi connectivity index (χ0n) is 18.6. The van der Waals surface area contributed by atoms with Crippen molar-refractivity contribution in [2.75, 3.05) is 6.54 Å². The summed E-state index contributed by atoms with van der Waals surface area (Å²) in [5.74, 6) is 0.864. The van der Waals surface area contributed by atoms with Crippen LogP contribution in [0.2, 0.25) is 0 Å². The highest BCUT2D eigenvalue weighted by molar-refractivity contribution is 5.94. The average molecular weight is 416 g/mol. The topological polar surface area (TPSA) is 92.5 Å². The first kappa shape index (κ1) is 25.1. The maximum Gasteiger partial charge on any atom is 0.230 e. The van der Waals surface area contributed by atoms with Crippen LogP contribution in [-0.4, -0.2) is 40.7 Å². The third-order valence-corrected chi connectivity index (χ3v) is 4.63. The fourth-order valence-electron chi connectivity index (χ4n) is 3.07. The molecule has 1 N–H and O–H groups in total. The van der Waals surface area contributed by atoms with Gasteiger partial charge in [0.2, 0.25) is 12.3 Å². The lowest BCUT2D eigenvalue weighted by molar-refractivity contribution is -0.131. The molecule has 164 valence electrons. The van der Waals surface area contributed by atoms with E-state index in [0.29, 0.717) is 36.7 Å². The number of carbonyl (C=O) groups is 3. The monoisotopic (exact) mass is 415 g/mol. The van der Waals surface area contributed by atoms with Gasteiger partial charge >= 0.3 is 0 Å². The van der Waals surface area contributed by atoms with Gasteiger partial charge in [-0.25, -0.2) is 0 Å². The Labute approximate surface area is 178 Å². The predicted octanol–water partition coefficient (Wildman–Crippen LogP) is 3.70. The van der Waals surface area contributed by atoms with Crippen LogP contribution >= 0.6 is 0 Å². The molecule has 1 aliphatic heterocycles. The summed E-state index contributed by atoms with van der Waals surface area (Å²) in [7, 11) is 0. The molecule has 1 aromatic carbocycles. The largest absolute Gasteiger partial charge is 0.361 e. The average Bonchev–Trinajstić information content (AvgIpc) is 3.36. The fourth-order valence-corrected chi connectivity index (χ4v) is 3.07. The first-order valence-electron chi connectivity index (χ1n) is 10.4. The highest BCUT2D eigenvalue weighted by atomic mass is 16.5. The van der Waals surface area contributed by atoms with Gasteiger partial charge in [0.05, 0.1) is 12.1 Å². The number of hydrogen-bond acceptors (Lipinski definition) is 5. The van der Waals surface area contributed by atoms with E-state index in [1.165, 1.54) is 6.92 Å². The minimum absolute atomic E-state index is 0.0508. The second-order valence-corrected chi connectivity index (χ2v) is 6.94. The Kier molecular flexibility index (Phi) is 11.1. The van der Waals surface area contributed by atoms with Gasteiger partial charge in [-0.3, -0.25) is 14.4 Å². The third-order valence-electron chi connectivity index (χ3n) is 4.63. The Morgan fingerprint density at radius 3 is 2.40 bits per heavy atom. The molecule has 0 saturated carbocycles. The molecule has 2 amide bonds. The molecule has 30 heavy (non-hydrogen) atoms. The van der Waals surface area contributed by atoms with Crippen LogP contribution in [0, 0.1) is 6.92 Å². The highest BCUT2D eigenvalue weighted by Gasteiger charge is 2.25. The van der Waals surface area contributed by atoms with Crippen LogP contribution in [0.3, 0.4) is 0 Å². The number of hydrogen-bond donors (Lipinski definition) is 1. The Hall–Kier alpha value is -2.96. The lowest BCUT2D eigenvalue weighted by Gasteiger charge is -2.20. The van der Waals surface area contributed by atoms with Crippen molar-refractivity contribution in [3.8, 4) is 0 Å². The number of aromatic nitrogens is 1. The molecular formula is C23H33N3O4. The molecule has 0 radical (unpaired) electrons. The van der Waals surface area contributed by atoms with E-state index in [1.54, 1.807) is 12.1 Å². The molecule has 1 aliphatic rings. The van der Waals surface area contributed by atoms with E-state index < -0.39 is 0 Å². The standard InChI is InChI=1S/C11H16N2O2.C10H11NO2.C2H6/c1-8-6-10(15-12-8)7-11(14)13-5-3-4-9(13)2;1-8(13)10-4-2-9(3-5-10)6-11-7-12;1-2/h6,9H,3-5,7H2,1-2H3;2-5,7H,6H2,1H3,(H,11,12);1-2H3. The van der Waals surface area contributed by atoms with Gasteiger partial charge in [0.15, 0.2) is 5.78 Å². The summed E-state index contributed by atoms with van der Waals surface area (Å²) >= 11 is 0. The molecule has 1 aromatic heterocycles. The Balaban J connectivity index is 0.000000280. The lowest BCUT2D eigenvalue weighted by Crippen LogP contribution is -2.34. The molecule has 0 aliphatic carbocycles. The molecule has 1 fully saturated rings. The van der Waals surface area contributed by atoms with Gasteiger partial charge in [-0.1, -0.05) is 43.3 Å². The maximum atomic E-state index is 11.9. The molecule has 0 spiro atoms. The zero-order chi connectivity index (χ0) is 22.5. The smallest absolute Gasteiger partial charge is 0.230 e. The van der Waals surface area contributed by atoms with Crippen LogP contribution < -0.4 is 5.32 Å². The van der Waals surface area contributed by atoms with Gasteiger partial charge in [-0.15, -0.1) is 0 Å². The van der Waals surface area contributed by atoms with Crippen LogP contribution in [0.1, 0.15) is 67.9 Å². The van der Waals surface area contributed by atoms with E-state index in [1.807, 2.05) is 43.9 Å². The predicted molar refractivity (Wildman–Crippen MR) is 116 cm³/mol. The SMILES string of the molecule is CC.CC(=O)c1ccc(CNC=O)cc1.Cc1cc(CC(=O)N2CCCC2C)on1. The van der Waals surface area contributed by atoms with E-state index >= 15 is 0 Å². The number of benzene rings is 1. The minimum atomic E-state index is 0.0508. The molecule has 7 nitrogen and oxygen atoms in total. The summed E-state index contributed by atoms with van der Waals surface area (Å²) in [4.78, 5) is 34.7. The van der Waals surface area contributed by atoms with Crippen LogP contribution in [0.15, 0.2) is 34.9 Å². The number of Topliss-reactive ketones (excluding diaryl/α,β-unsaturated/α-hetero) is 1. The van der Waals surface area contributed by atoms with E-state index in [-0.39, 0.29) is 11.7 Å². The number of aryl methyl sites for hydroxylation is 1. The summed E-state index contributed by atoms with van der Waals surface area (Å²) in [5, 5.41) is 6.32. The number of likely N-dealkylation sites (tertiary alicyclic amines) is 1. The Morgan fingerprint density at radius 2 is 1.93 bits per heavy atom. The summed E-state index contributed by atoms with van der Waals surface area (Å²) in [6, 6.07) is 9.36. The lowest BCUT2D eigenvalue weighted by atomic mass is 10.1. The second kappa shape index (κ2) is 13.3. The molecule has 0 bridgehead atoms. The Bertz CT molecular complexity index is 799. The highest BCUT2D eigenvalue weighted by Crippen LogP contribution is 2.18.